The topological polar surface area (TPSA) is 105 Å². The Kier molecular flexibility index (Phi) is 6.63. The van der Waals surface area contributed by atoms with Crippen molar-refractivity contribution in [2.75, 3.05) is 49.6 Å². The maximum Gasteiger partial charge on any atom is 0.276 e. The van der Waals surface area contributed by atoms with Gasteiger partial charge < -0.3 is 15.0 Å². The third kappa shape index (κ3) is 4.78. The van der Waals surface area contributed by atoms with Crippen LogP contribution in [0.3, 0.4) is 0 Å². The van der Waals surface area contributed by atoms with Gasteiger partial charge in [-0.05, 0) is 31.0 Å². The number of ether oxygens (including phenoxy) is 1. The minimum Gasteiger partial charge on any atom is -0.379 e. The van der Waals surface area contributed by atoms with E-state index in [0.717, 1.165) is 25.9 Å². The van der Waals surface area contributed by atoms with Gasteiger partial charge in [-0.1, -0.05) is 23.2 Å². The number of amides is 1. The first-order valence-electron chi connectivity index (χ1n) is 9.82. The van der Waals surface area contributed by atoms with E-state index in [1.165, 1.54) is 28.7 Å². The summed E-state index contributed by atoms with van der Waals surface area (Å²) < 4.78 is 32.5. The average Bonchev–Trinajstić information content (AvgIpc) is 3.31. The average molecular weight is 486 g/mol. The number of morpholine rings is 1. The van der Waals surface area contributed by atoms with Gasteiger partial charge in [-0.2, -0.15) is 4.31 Å². The Morgan fingerprint density at radius 3 is 2.48 bits per heavy atom. The van der Waals surface area contributed by atoms with Gasteiger partial charge in [0.1, 0.15) is 4.90 Å². The summed E-state index contributed by atoms with van der Waals surface area (Å²) in [5.41, 5.74) is 0.282. The zero-order chi connectivity index (χ0) is 22.0. The number of anilines is 2. The summed E-state index contributed by atoms with van der Waals surface area (Å²) in [4.78, 5) is 23.3. The summed E-state index contributed by atoms with van der Waals surface area (Å²) in [7, 11) is -3.83. The van der Waals surface area contributed by atoms with Crippen molar-refractivity contribution in [2.45, 2.75) is 17.7 Å². The zero-order valence-corrected chi connectivity index (χ0v) is 18.9. The van der Waals surface area contributed by atoms with Crippen molar-refractivity contribution >= 4 is 50.8 Å². The van der Waals surface area contributed by atoms with Crippen LogP contribution in [0.1, 0.15) is 23.3 Å². The van der Waals surface area contributed by atoms with Gasteiger partial charge in [0.05, 0.1) is 29.5 Å². The van der Waals surface area contributed by atoms with Crippen LogP contribution >= 0.6 is 23.2 Å². The van der Waals surface area contributed by atoms with Crippen molar-refractivity contribution in [3.8, 4) is 0 Å². The van der Waals surface area contributed by atoms with E-state index in [4.69, 9.17) is 27.9 Å². The van der Waals surface area contributed by atoms with E-state index >= 15 is 0 Å². The molecule has 0 bridgehead atoms. The number of aromatic nitrogens is 2. The first kappa shape index (κ1) is 22.2. The maximum atomic E-state index is 13.0. The number of carbonyl (C=O) groups excluding carboxylic acids is 1. The predicted octanol–water partition coefficient (Wildman–Crippen LogP) is 2.66. The van der Waals surface area contributed by atoms with E-state index in [-0.39, 0.29) is 39.4 Å². The standard InChI is InChI=1S/C19H21Cl2N5O4S/c20-14-4-3-13(11-16(14)31(28,29)26-7-9-30-10-8-26)23-18(27)17-15(21)12-22-19(24-17)25-5-1-2-6-25/h3-4,11-12H,1-2,5-10H2,(H,23,27). The molecule has 0 unspecified atom stereocenters. The van der Waals surface area contributed by atoms with E-state index in [2.05, 4.69) is 15.3 Å². The van der Waals surface area contributed by atoms with Crippen LogP contribution in [-0.2, 0) is 14.8 Å². The molecule has 0 spiro atoms. The summed E-state index contributed by atoms with van der Waals surface area (Å²) in [5.74, 6) is -0.122. The third-order valence-corrected chi connectivity index (χ3v) is 7.77. The van der Waals surface area contributed by atoms with Gasteiger partial charge in [-0.3, -0.25) is 4.79 Å². The maximum absolute atomic E-state index is 13.0. The first-order valence-corrected chi connectivity index (χ1v) is 12.0. The lowest BCUT2D eigenvalue weighted by atomic mass is 10.3. The van der Waals surface area contributed by atoms with Crippen LogP contribution in [0.5, 0.6) is 0 Å². The molecule has 1 N–H and O–H groups in total. The zero-order valence-electron chi connectivity index (χ0n) is 16.6. The van der Waals surface area contributed by atoms with Crippen LogP contribution < -0.4 is 10.2 Å². The fourth-order valence-electron chi connectivity index (χ4n) is 3.48. The van der Waals surface area contributed by atoms with Crippen molar-refractivity contribution in [3.05, 3.63) is 40.1 Å². The Labute approximate surface area is 190 Å². The SMILES string of the molecule is O=C(Nc1ccc(Cl)c(S(=O)(=O)N2CCOCC2)c1)c1nc(N2CCCC2)ncc1Cl. The molecule has 2 fully saturated rings. The van der Waals surface area contributed by atoms with Gasteiger partial charge in [0.25, 0.3) is 5.91 Å². The normalized spacial score (nSPS) is 17.7. The fraction of sp³-hybridized carbons (Fsp3) is 0.421. The third-order valence-electron chi connectivity index (χ3n) is 5.11. The number of rotatable bonds is 5. The Balaban J connectivity index is 1.58. The summed E-state index contributed by atoms with van der Waals surface area (Å²) in [6.07, 6.45) is 3.48. The molecule has 2 saturated heterocycles. The second-order valence-electron chi connectivity index (χ2n) is 7.18. The number of carbonyl (C=O) groups is 1. The lowest BCUT2D eigenvalue weighted by molar-refractivity contribution is 0.0730. The quantitative estimate of drug-likeness (QED) is 0.693. The largest absolute Gasteiger partial charge is 0.379 e. The molecule has 3 heterocycles. The number of sulfonamides is 1. The number of hydrogen-bond donors (Lipinski definition) is 1. The minimum absolute atomic E-state index is 0.0195. The van der Waals surface area contributed by atoms with Gasteiger partial charge in [-0.25, -0.2) is 18.4 Å². The molecule has 31 heavy (non-hydrogen) atoms. The van der Waals surface area contributed by atoms with Crippen molar-refractivity contribution in [2.24, 2.45) is 0 Å². The van der Waals surface area contributed by atoms with Gasteiger partial charge in [0, 0.05) is 31.9 Å². The molecule has 0 saturated carbocycles. The highest BCUT2D eigenvalue weighted by atomic mass is 35.5. The van der Waals surface area contributed by atoms with Crippen LogP contribution in [0.15, 0.2) is 29.3 Å². The summed E-state index contributed by atoms with van der Waals surface area (Å²) >= 11 is 12.3. The second kappa shape index (κ2) is 9.25. The van der Waals surface area contributed by atoms with Gasteiger partial charge in [0.2, 0.25) is 16.0 Å². The lowest BCUT2D eigenvalue weighted by Crippen LogP contribution is -2.40. The number of hydrogen-bond acceptors (Lipinski definition) is 7. The molecule has 9 nitrogen and oxygen atoms in total. The van der Waals surface area contributed by atoms with Crippen molar-refractivity contribution in [1.82, 2.24) is 14.3 Å². The van der Waals surface area contributed by atoms with Crippen molar-refractivity contribution in [3.63, 3.8) is 0 Å². The number of halogens is 2. The highest BCUT2D eigenvalue weighted by molar-refractivity contribution is 7.89. The Bertz CT molecular complexity index is 1090. The Morgan fingerprint density at radius 2 is 1.77 bits per heavy atom. The molecule has 166 valence electrons. The minimum atomic E-state index is -3.83. The summed E-state index contributed by atoms with van der Waals surface area (Å²) in [6.45, 7) is 2.76. The smallest absolute Gasteiger partial charge is 0.276 e. The molecular weight excluding hydrogens is 465 g/mol. The molecule has 0 radical (unpaired) electrons. The number of nitrogens with one attached hydrogen (secondary N) is 1. The molecule has 1 aromatic carbocycles. The first-order chi connectivity index (χ1) is 14.9. The summed E-state index contributed by atoms with van der Waals surface area (Å²) in [6, 6.07) is 4.29. The van der Waals surface area contributed by atoms with E-state index < -0.39 is 15.9 Å². The highest BCUT2D eigenvalue weighted by Gasteiger charge is 2.29. The van der Waals surface area contributed by atoms with E-state index in [1.54, 1.807) is 0 Å². The Morgan fingerprint density at radius 1 is 1.06 bits per heavy atom. The number of benzene rings is 1. The van der Waals surface area contributed by atoms with Crippen LogP contribution in [0.4, 0.5) is 11.6 Å². The van der Waals surface area contributed by atoms with Crippen molar-refractivity contribution < 1.29 is 17.9 Å². The molecule has 4 rings (SSSR count). The molecule has 1 aromatic heterocycles. The highest BCUT2D eigenvalue weighted by Crippen LogP contribution is 2.29. The monoisotopic (exact) mass is 485 g/mol. The molecular formula is C19H21Cl2N5O4S. The van der Waals surface area contributed by atoms with Crippen LogP contribution in [0.2, 0.25) is 10.0 Å². The van der Waals surface area contributed by atoms with Crippen LogP contribution in [-0.4, -0.2) is 68.0 Å². The second-order valence-corrected chi connectivity index (χ2v) is 9.90. The molecule has 2 aromatic rings. The molecule has 2 aliphatic heterocycles. The lowest BCUT2D eigenvalue weighted by Gasteiger charge is -2.26. The van der Waals surface area contributed by atoms with E-state index in [0.29, 0.717) is 19.2 Å². The molecule has 12 heteroatoms. The van der Waals surface area contributed by atoms with Gasteiger partial charge in [0.15, 0.2) is 5.69 Å². The molecule has 2 aliphatic rings. The molecule has 0 aliphatic carbocycles. The van der Waals surface area contributed by atoms with Gasteiger partial charge in [-0.15, -0.1) is 0 Å². The van der Waals surface area contributed by atoms with Crippen molar-refractivity contribution in [1.29, 1.82) is 0 Å². The molecule has 1 amide bonds. The predicted molar refractivity (Wildman–Crippen MR) is 117 cm³/mol. The van der Waals surface area contributed by atoms with Gasteiger partial charge >= 0.3 is 0 Å². The fourth-order valence-corrected chi connectivity index (χ4v) is 5.57. The van der Waals surface area contributed by atoms with E-state index in [1.807, 2.05) is 4.90 Å². The van der Waals surface area contributed by atoms with Crippen LogP contribution in [0.25, 0.3) is 0 Å². The summed E-state index contributed by atoms with van der Waals surface area (Å²) in [5, 5.41) is 2.84. The molecule has 0 atom stereocenters. The Hall–Kier alpha value is -1.98. The van der Waals surface area contributed by atoms with E-state index in [9.17, 15) is 13.2 Å². The van der Waals surface area contributed by atoms with Crippen LogP contribution in [0, 0.1) is 0 Å². The number of nitrogens with zero attached hydrogens (tertiary/aromatic N) is 4.